The number of halogens is 2. The van der Waals surface area contributed by atoms with E-state index in [1.165, 1.54) is 23.9 Å². The summed E-state index contributed by atoms with van der Waals surface area (Å²) < 4.78 is 33.4. The molecule has 9 heteroatoms. The summed E-state index contributed by atoms with van der Waals surface area (Å²) in [6, 6.07) is 14.1. The zero-order valence-electron chi connectivity index (χ0n) is 19.1. The van der Waals surface area contributed by atoms with Gasteiger partial charge in [0.2, 0.25) is 0 Å². The Labute approximate surface area is 205 Å². The van der Waals surface area contributed by atoms with Gasteiger partial charge in [-0.05, 0) is 61.0 Å². The van der Waals surface area contributed by atoms with Crippen molar-refractivity contribution < 1.29 is 18.3 Å². The molecule has 0 amide bonds. The lowest BCUT2D eigenvalue weighted by Crippen LogP contribution is -1.98. The van der Waals surface area contributed by atoms with E-state index < -0.39 is 6.43 Å². The van der Waals surface area contributed by atoms with Crippen LogP contribution in [0.5, 0.6) is 5.75 Å². The Bertz CT molecular complexity index is 1340. The van der Waals surface area contributed by atoms with Crippen LogP contribution >= 0.6 is 11.8 Å². The number of aromatic nitrogens is 4. The molecular weight excluding hydrogens is 470 g/mol. The molecule has 0 N–H and O–H groups in total. The lowest BCUT2D eigenvalue weighted by atomic mass is 10.1. The van der Waals surface area contributed by atoms with Crippen molar-refractivity contribution >= 4 is 23.6 Å². The molecule has 0 aliphatic heterocycles. The van der Waals surface area contributed by atoms with Crippen LogP contribution in [0.25, 0.3) is 11.8 Å². The molecule has 4 rings (SSSR count). The second-order valence-corrected chi connectivity index (χ2v) is 8.53. The molecule has 2 aromatic heterocycles. The predicted molar refractivity (Wildman–Crippen MR) is 131 cm³/mol. The SMILES string of the molecule is COc1ccc(/C=C/C(=O)c2ccc(-n3ccnc3)cc2)cc1CSc1nc(C)cc(C(F)F)n1. The Morgan fingerprint density at radius 1 is 1.14 bits per heavy atom. The minimum atomic E-state index is -2.65. The summed E-state index contributed by atoms with van der Waals surface area (Å²) in [4.78, 5) is 24.8. The van der Waals surface area contributed by atoms with Gasteiger partial charge in [0.15, 0.2) is 10.9 Å². The number of allylic oxidation sites excluding steroid dienone is 1. The number of hydrogen-bond acceptors (Lipinski definition) is 6. The zero-order valence-corrected chi connectivity index (χ0v) is 19.9. The quantitative estimate of drug-likeness (QED) is 0.122. The number of ketones is 1. The van der Waals surface area contributed by atoms with Crippen LogP contribution in [0.2, 0.25) is 0 Å². The number of carbonyl (C=O) groups excluding carboxylic acids is 1. The molecule has 6 nitrogen and oxygen atoms in total. The third kappa shape index (κ3) is 6.19. The first-order valence-electron chi connectivity index (χ1n) is 10.7. The Morgan fingerprint density at radius 3 is 2.63 bits per heavy atom. The van der Waals surface area contributed by atoms with Crippen LogP contribution in [0.3, 0.4) is 0 Å². The molecule has 0 saturated carbocycles. The Balaban J connectivity index is 1.47. The zero-order chi connectivity index (χ0) is 24.8. The summed E-state index contributed by atoms with van der Waals surface area (Å²) in [5.74, 6) is 0.945. The van der Waals surface area contributed by atoms with Gasteiger partial charge in [0.05, 0.1) is 13.4 Å². The van der Waals surface area contributed by atoms with Crippen molar-refractivity contribution in [3.05, 3.63) is 101 Å². The fourth-order valence-electron chi connectivity index (χ4n) is 3.38. The maximum atomic E-state index is 13.1. The summed E-state index contributed by atoms with van der Waals surface area (Å²) in [6.07, 6.45) is 5.82. The number of hydrogen-bond donors (Lipinski definition) is 0. The highest BCUT2D eigenvalue weighted by atomic mass is 32.2. The molecule has 0 aliphatic rings. The lowest BCUT2D eigenvalue weighted by Gasteiger charge is -2.10. The molecule has 0 radical (unpaired) electrons. The van der Waals surface area contributed by atoms with Gasteiger partial charge in [0.1, 0.15) is 11.4 Å². The number of thioether (sulfide) groups is 1. The van der Waals surface area contributed by atoms with Crippen molar-refractivity contribution in [1.82, 2.24) is 19.5 Å². The number of imidazole rings is 1. The lowest BCUT2D eigenvalue weighted by molar-refractivity contribution is 0.104. The predicted octanol–water partition coefficient (Wildman–Crippen LogP) is 6.11. The first-order valence-corrected chi connectivity index (χ1v) is 11.7. The number of nitrogens with zero attached hydrogens (tertiary/aromatic N) is 4. The van der Waals surface area contributed by atoms with E-state index in [1.54, 1.807) is 44.8 Å². The van der Waals surface area contributed by atoms with Crippen molar-refractivity contribution in [2.24, 2.45) is 0 Å². The van der Waals surface area contributed by atoms with Crippen molar-refractivity contribution in [2.45, 2.75) is 24.3 Å². The molecule has 2 heterocycles. The number of benzene rings is 2. The Kier molecular flexibility index (Phi) is 7.67. The molecule has 0 aliphatic carbocycles. The Hall–Kier alpha value is -3.85. The second kappa shape index (κ2) is 11.1. The topological polar surface area (TPSA) is 69.9 Å². The van der Waals surface area contributed by atoms with Crippen LogP contribution < -0.4 is 4.74 Å². The number of rotatable bonds is 9. The van der Waals surface area contributed by atoms with Gasteiger partial charge in [-0.1, -0.05) is 23.9 Å². The van der Waals surface area contributed by atoms with Crippen LogP contribution in [0.1, 0.15) is 39.3 Å². The molecule has 0 fully saturated rings. The average Bonchev–Trinajstić information content (AvgIpc) is 3.41. The molecule has 0 bridgehead atoms. The number of aryl methyl sites for hydroxylation is 1. The average molecular weight is 493 g/mol. The van der Waals surface area contributed by atoms with Crippen molar-refractivity contribution in [1.29, 1.82) is 0 Å². The summed E-state index contributed by atoms with van der Waals surface area (Å²) in [5.41, 5.74) is 3.32. The minimum Gasteiger partial charge on any atom is -0.496 e. The third-order valence-corrected chi connectivity index (χ3v) is 6.02. The number of methoxy groups -OCH3 is 1. The molecule has 35 heavy (non-hydrogen) atoms. The van der Waals surface area contributed by atoms with Gasteiger partial charge in [-0.25, -0.2) is 23.7 Å². The summed E-state index contributed by atoms with van der Waals surface area (Å²) in [5, 5.41) is 0.276. The maximum Gasteiger partial charge on any atom is 0.280 e. The minimum absolute atomic E-state index is 0.124. The molecule has 0 atom stereocenters. The van der Waals surface area contributed by atoms with E-state index in [2.05, 4.69) is 15.0 Å². The summed E-state index contributed by atoms with van der Waals surface area (Å²) >= 11 is 1.25. The normalized spacial score (nSPS) is 11.3. The van der Waals surface area contributed by atoms with Crippen molar-refractivity contribution in [3.8, 4) is 11.4 Å². The van der Waals surface area contributed by atoms with E-state index in [9.17, 15) is 13.6 Å². The van der Waals surface area contributed by atoms with E-state index in [0.717, 1.165) is 16.8 Å². The molecule has 0 saturated heterocycles. The molecule has 2 aromatic carbocycles. The second-order valence-electron chi connectivity index (χ2n) is 7.59. The van der Waals surface area contributed by atoms with Gasteiger partial charge in [0, 0.05) is 40.7 Å². The van der Waals surface area contributed by atoms with E-state index in [4.69, 9.17) is 4.74 Å². The largest absolute Gasteiger partial charge is 0.496 e. The molecule has 0 unspecified atom stereocenters. The smallest absolute Gasteiger partial charge is 0.280 e. The highest BCUT2D eigenvalue weighted by Gasteiger charge is 2.13. The molecule has 4 aromatic rings. The molecule has 178 valence electrons. The summed E-state index contributed by atoms with van der Waals surface area (Å²) in [6.45, 7) is 1.66. The van der Waals surface area contributed by atoms with E-state index in [1.807, 2.05) is 41.1 Å². The van der Waals surface area contributed by atoms with Crippen LogP contribution in [-0.2, 0) is 5.75 Å². The van der Waals surface area contributed by atoms with Crippen molar-refractivity contribution in [3.63, 3.8) is 0 Å². The number of ether oxygens (including phenoxy) is 1. The number of carbonyl (C=O) groups is 1. The molecule has 0 spiro atoms. The van der Waals surface area contributed by atoms with Gasteiger partial charge < -0.3 is 9.30 Å². The van der Waals surface area contributed by atoms with Crippen molar-refractivity contribution in [2.75, 3.05) is 7.11 Å². The van der Waals surface area contributed by atoms with Crippen LogP contribution in [0.4, 0.5) is 8.78 Å². The standard InChI is InChI=1S/C26H22F2N4O2S/c1-17-13-22(25(27)28)31-26(30-17)35-15-20-14-18(4-10-24(20)34-2)3-9-23(33)19-5-7-21(8-6-19)32-12-11-29-16-32/h3-14,16,25H,15H2,1-2H3/b9-3+. The number of alkyl halides is 2. The fraction of sp³-hybridized carbons (Fsp3) is 0.154. The van der Waals surface area contributed by atoms with Crippen LogP contribution in [0.15, 0.2) is 78.5 Å². The van der Waals surface area contributed by atoms with Gasteiger partial charge in [-0.3, -0.25) is 4.79 Å². The first-order chi connectivity index (χ1) is 16.9. The van der Waals surface area contributed by atoms with Gasteiger partial charge >= 0.3 is 0 Å². The van der Waals surface area contributed by atoms with Gasteiger partial charge in [-0.2, -0.15) is 0 Å². The van der Waals surface area contributed by atoms with E-state index in [0.29, 0.717) is 22.8 Å². The third-order valence-electron chi connectivity index (χ3n) is 5.12. The Morgan fingerprint density at radius 2 is 1.94 bits per heavy atom. The highest BCUT2D eigenvalue weighted by molar-refractivity contribution is 7.98. The summed E-state index contributed by atoms with van der Waals surface area (Å²) in [7, 11) is 1.56. The highest BCUT2D eigenvalue weighted by Crippen LogP contribution is 2.29. The van der Waals surface area contributed by atoms with Crippen LogP contribution in [0, 0.1) is 6.92 Å². The van der Waals surface area contributed by atoms with Gasteiger partial charge in [0.25, 0.3) is 6.43 Å². The van der Waals surface area contributed by atoms with E-state index >= 15 is 0 Å². The first kappa shape index (κ1) is 24.3. The maximum absolute atomic E-state index is 13.1. The fourth-order valence-corrected chi connectivity index (χ4v) is 4.26. The van der Waals surface area contributed by atoms with Gasteiger partial charge in [-0.15, -0.1) is 0 Å². The van der Waals surface area contributed by atoms with Crippen LogP contribution in [-0.4, -0.2) is 32.4 Å². The molecular formula is C26H22F2N4O2S. The van der Waals surface area contributed by atoms with E-state index in [-0.39, 0.29) is 16.6 Å². The monoisotopic (exact) mass is 492 g/mol.